The quantitative estimate of drug-likeness (QED) is 0.861. The third-order valence-corrected chi connectivity index (χ3v) is 4.58. The summed E-state index contributed by atoms with van der Waals surface area (Å²) in [6.07, 6.45) is 8.18. The van der Waals surface area contributed by atoms with Crippen molar-refractivity contribution >= 4 is 17.8 Å². The average molecular weight is 356 g/mol. The highest BCUT2D eigenvalue weighted by Gasteiger charge is 2.24. The molecule has 2 N–H and O–H groups in total. The molecule has 1 atom stereocenters. The first kappa shape index (κ1) is 19.4. The van der Waals surface area contributed by atoms with Crippen LogP contribution in [0.3, 0.4) is 0 Å². The molecule has 1 aromatic heterocycles. The standard InChI is InChI=1S/C20H24N2O4/c1-12(20(2,3)4)22-11-16(19(24)25)18(23)9-14(22)8-13-6-7-15(26-5)10-17(13)21/h6-12,21H,1-5H3,(H,24,25)/b13-8+,21-17?. The summed E-state index contributed by atoms with van der Waals surface area (Å²) < 4.78 is 6.90. The van der Waals surface area contributed by atoms with Gasteiger partial charge in [-0.2, -0.15) is 0 Å². The van der Waals surface area contributed by atoms with Gasteiger partial charge in [0, 0.05) is 35.6 Å². The van der Waals surface area contributed by atoms with E-state index in [4.69, 9.17) is 10.1 Å². The van der Waals surface area contributed by atoms with Gasteiger partial charge in [-0.15, -0.1) is 0 Å². The fourth-order valence-electron chi connectivity index (χ4n) is 2.54. The van der Waals surface area contributed by atoms with Gasteiger partial charge in [0.15, 0.2) is 5.43 Å². The Morgan fingerprint density at radius 3 is 2.50 bits per heavy atom. The molecule has 1 unspecified atom stereocenters. The van der Waals surface area contributed by atoms with E-state index in [0.717, 1.165) is 0 Å². The summed E-state index contributed by atoms with van der Waals surface area (Å²) in [6.45, 7) is 8.11. The van der Waals surface area contributed by atoms with Crippen molar-refractivity contribution in [2.24, 2.45) is 5.41 Å². The van der Waals surface area contributed by atoms with Crippen LogP contribution in [0.1, 0.15) is 49.8 Å². The Bertz CT molecular complexity index is 895. The van der Waals surface area contributed by atoms with E-state index in [1.54, 1.807) is 28.9 Å². The molecule has 0 radical (unpaired) electrons. The van der Waals surface area contributed by atoms with E-state index in [1.165, 1.54) is 19.4 Å². The van der Waals surface area contributed by atoms with Crippen molar-refractivity contribution < 1.29 is 14.6 Å². The van der Waals surface area contributed by atoms with Gasteiger partial charge in [0.1, 0.15) is 11.3 Å². The number of pyridine rings is 1. The molecule has 138 valence electrons. The Kier molecular flexibility index (Phi) is 5.35. The number of rotatable bonds is 4. The maximum absolute atomic E-state index is 12.2. The highest BCUT2D eigenvalue weighted by molar-refractivity contribution is 6.12. The molecule has 6 nitrogen and oxygen atoms in total. The van der Waals surface area contributed by atoms with Crippen LogP contribution in [0.2, 0.25) is 0 Å². The Balaban J connectivity index is 2.63. The second kappa shape index (κ2) is 7.15. The van der Waals surface area contributed by atoms with Crippen LogP contribution in [0, 0.1) is 10.8 Å². The lowest BCUT2D eigenvalue weighted by Crippen LogP contribution is -2.27. The fourth-order valence-corrected chi connectivity index (χ4v) is 2.54. The van der Waals surface area contributed by atoms with E-state index < -0.39 is 11.4 Å². The first-order chi connectivity index (χ1) is 12.0. The Hall–Kier alpha value is -2.89. The zero-order chi connectivity index (χ0) is 19.6. The smallest absolute Gasteiger partial charge is 0.341 e. The third-order valence-electron chi connectivity index (χ3n) is 4.58. The van der Waals surface area contributed by atoms with Crippen molar-refractivity contribution in [2.45, 2.75) is 33.7 Å². The molecule has 1 aliphatic rings. The van der Waals surface area contributed by atoms with Crippen LogP contribution >= 0.6 is 0 Å². The number of ether oxygens (including phenoxy) is 1. The number of hydrogen-bond donors (Lipinski definition) is 2. The Labute approximate surface area is 152 Å². The monoisotopic (exact) mass is 356 g/mol. The van der Waals surface area contributed by atoms with Crippen LogP contribution in [0.25, 0.3) is 6.08 Å². The molecule has 1 aliphatic carbocycles. The van der Waals surface area contributed by atoms with E-state index in [-0.39, 0.29) is 22.7 Å². The fraction of sp³-hybridized carbons (Fsp3) is 0.350. The van der Waals surface area contributed by atoms with Gasteiger partial charge in [-0.1, -0.05) is 20.8 Å². The molecule has 1 aromatic rings. The highest BCUT2D eigenvalue weighted by atomic mass is 16.5. The minimum absolute atomic E-state index is 0.0696. The summed E-state index contributed by atoms with van der Waals surface area (Å²) in [6, 6.07) is 1.25. The summed E-state index contributed by atoms with van der Waals surface area (Å²) in [7, 11) is 1.53. The van der Waals surface area contributed by atoms with Crippen molar-refractivity contribution in [2.75, 3.05) is 7.11 Å². The number of carboxylic acid groups (broad SMARTS) is 1. The van der Waals surface area contributed by atoms with Crippen LogP contribution in [-0.4, -0.2) is 28.5 Å². The van der Waals surface area contributed by atoms with Gasteiger partial charge in [-0.25, -0.2) is 4.79 Å². The second-order valence-electron chi connectivity index (χ2n) is 7.33. The van der Waals surface area contributed by atoms with Gasteiger partial charge in [0.25, 0.3) is 0 Å². The van der Waals surface area contributed by atoms with Crippen LogP contribution in [0.4, 0.5) is 0 Å². The second-order valence-corrected chi connectivity index (χ2v) is 7.33. The number of nitrogens with zero attached hydrogens (tertiary/aromatic N) is 1. The summed E-state index contributed by atoms with van der Waals surface area (Å²) >= 11 is 0. The maximum atomic E-state index is 12.2. The minimum atomic E-state index is -1.25. The lowest BCUT2D eigenvalue weighted by atomic mass is 9.87. The van der Waals surface area contributed by atoms with Crippen molar-refractivity contribution in [3.8, 4) is 0 Å². The van der Waals surface area contributed by atoms with E-state index >= 15 is 0 Å². The zero-order valence-corrected chi connectivity index (χ0v) is 15.7. The summed E-state index contributed by atoms with van der Waals surface area (Å²) in [5.74, 6) is -0.670. The molecular weight excluding hydrogens is 332 g/mol. The predicted octanol–water partition coefficient (Wildman–Crippen LogP) is 3.66. The van der Waals surface area contributed by atoms with Crippen molar-refractivity contribution in [3.63, 3.8) is 0 Å². The highest BCUT2D eigenvalue weighted by Crippen LogP contribution is 2.31. The number of allylic oxidation sites excluding steroid dienone is 4. The van der Waals surface area contributed by atoms with Gasteiger partial charge >= 0.3 is 5.97 Å². The van der Waals surface area contributed by atoms with Crippen LogP contribution < -0.4 is 5.43 Å². The SMILES string of the molecule is COC1=CC(=N)/C(=C/c2cc(=O)c(C(=O)O)cn2C(C)C(C)(C)C)C=C1. The van der Waals surface area contributed by atoms with Crippen molar-refractivity contribution in [1.82, 2.24) is 4.57 Å². The van der Waals surface area contributed by atoms with Gasteiger partial charge in [0.2, 0.25) is 0 Å². The molecule has 0 aliphatic heterocycles. The summed E-state index contributed by atoms with van der Waals surface area (Å²) in [5.41, 5.74) is 0.454. The lowest BCUT2D eigenvalue weighted by molar-refractivity contribution is 0.0693. The van der Waals surface area contributed by atoms with Crippen LogP contribution in [0.15, 0.2) is 46.6 Å². The molecule has 0 bridgehead atoms. The Morgan fingerprint density at radius 1 is 1.35 bits per heavy atom. The molecule has 0 spiro atoms. The number of carboxylic acids is 1. The van der Waals surface area contributed by atoms with E-state index in [2.05, 4.69) is 0 Å². The molecule has 0 saturated heterocycles. The number of hydrogen-bond acceptors (Lipinski definition) is 4. The van der Waals surface area contributed by atoms with E-state index in [0.29, 0.717) is 17.0 Å². The molecular formula is C20H24N2O4. The van der Waals surface area contributed by atoms with Crippen LogP contribution in [0.5, 0.6) is 0 Å². The number of nitrogens with one attached hydrogen (secondary N) is 1. The molecule has 0 aromatic carbocycles. The normalized spacial score (nSPS) is 17.2. The van der Waals surface area contributed by atoms with E-state index in [1.807, 2.05) is 27.7 Å². The molecule has 1 heterocycles. The molecule has 2 rings (SSSR count). The first-order valence-electron chi connectivity index (χ1n) is 8.28. The van der Waals surface area contributed by atoms with Gasteiger partial charge in [0.05, 0.1) is 12.8 Å². The van der Waals surface area contributed by atoms with Gasteiger partial charge < -0.3 is 19.8 Å². The molecule has 26 heavy (non-hydrogen) atoms. The Morgan fingerprint density at radius 2 is 2.00 bits per heavy atom. The van der Waals surface area contributed by atoms with Crippen molar-refractivity contribution in [1.29, 1.82) is 5.41 Å². The molecule has 0 saturated carbocycles. The number of methoxy groups -OCH3 is 1. The molecule has 6 heteroatoms. The van der Waals surface area contributed by atoms with Gasteiger partial charge in [-0.05, 0) is 30.6 Å². The summed E-state index contributed by atoms with van der Waals surface area (Å²) in [5, 5.41) is 17.4. The third kappa shape index (κ3) is 4.02. The average Bonchev–Trinajstić information content (AvgIpc) is 2.55. The largest absolute Gasteiger partial charge is 0.497 e. The predicted molar refractivity (Wildman–Crippen MR) is 102 cm³/mol. The van der Waals surface area contributed by atoms with E-state index in [9.17, 15) is 14.7 Å². The van der Waals surface area contributed by atoms with Crippen molar-refractivity contribution in [3.05, 3.63) is 63.3 Å². The number of carbonyl (C=O) groups is 1. The van der Waals surface area contributed by atoms with Gasteiger partial charge in [-0.3, -0.25) is 4.79 Å². The maximum Gasteiger partial charge on any atom is 0.341 e. The topological polar surface area (TPSA) is 92.4 Å². The summed E-state index contributed by atoms with van der Waals surface area (Å²) in [4.78, 5) is 23.6. The molecule has 0 amide bonds. The first-order valence-corrected chi connectivity index (χ1v) is 8.28. The minimum Gasteiger partial charge on any atom is -0.497 e. The molecule has 0 fully saturated rings. The number of aromatic carboxylic acids is 1. The lowest BCUT2D eigenvalue weighted by Gasteiger charge is -2.31. The van der Waals surface area contributed by atoms with Crippen LogP contribution in [-0.2, 0) is 4.74 Å². The number of aromatic nitrogens is 1. The zero-order valence-electron chi connectivity index (χ0n) is 15.7.